The number of sulfonamides is 1. The van der Waals surface area contributed by atoms with Gasteiger partial charge in [-0.3, -0.25) is 9.52 Å². The van der Waals surface area contributed by atoms with Crippen molar-refractivity contribution in [1.29, 1.82) is 0 Å². The third-order valence-corrected chi connectivity index (χ3v) is 8.22. The third kappa shape index (κ3) is 6.06. The molecule has 1 atom stereocenters. The Labute approximate surface area is 238 Å². The van der Waals surface area contributed by atoms with E-state index in [1.807, 2.05) is 10.8 Å². The van der Waals surface area contributed by atoms with Gasteiger partial charge in [-0.25, -0.2) is 31.6 Å². The first-order valence-corrected chi connectivity index (χ1v) is 14.4. The van der Waals surface area contributed by atoms with Crippen LogP contribution in [0.25, 0.3) is 10.9 Å². The molecule has 2 heterocycles. The molecule has 0 unspecified atom stereocenters. The second-order valence-corrected chi connectivity index (χ2v) is 11.6. The van der Waals surface area contributed by atoms with Gasteiger partial charge in [0, 0.05) is 18.0 Å². The topological polar surface area (TPSA) is 125 Å². The largest absolute Gasteiger partial charge is 0.365 e. The number of halogens is 4. The van der Waals surface area contributed by atoms with Gasteiger partial charge < -0.3 is 16.0 Å². The van der Waals surface area contributed by atoms with Crippen LogP contribution in [0.4, 0.5) is 30.4 Å². The van der Waals surface area contributed by atoms with E-state index in [2.05, 4.69) is 25.9 Å². The van der Waals surface area contributed by atoms with Gasteiger partial charge in [-0.05, 0) is 74.3 Å². The minimum atomic E-state index is -4.74. The molecule has 41 heavy (non-hydrogen) atoms. The quantitative estimate of drug-likeness (QED) is 0.228. The summed E-state index contributed by atoms with van der Waals surface area (Å²) in [6, 6.07) is 7.54. The molecule has 3 aromatic carbocycles. The van der Waals surface area contributed by atoms with E-state index in [1.54, 1.807) is 13.0 Å². The smallest absolute Gasteiger partial charge is 0.265 e. The number of carbonyl (C=O) groups excluding carboxylic acids is 1. The number of benzene rings is 3. The summed E-state index contributed by atoms with van der Waals surface area (Å²) in [5, 5.41) is 9.47. The zero-order chi connectivity index (χ0) is 29.3. The maximum atomic E-state index is 15.5. The van der Waals surface area contributed by atoms with Gasteiger partial charge in [-0.1, -0.05) is 11.6 Å². The van der Waals surface area contributed by atoms with Crippen LogP contribution in [0, 0.1) is 24.4 Å². The predicted molar refractivity (Wildman–Crippen MR) is 150 cm³/mol. The Morgan fingerprint density at radius 1 is 1.10 bits per heavy atom. The molecule has 5 rings (SSSR count). The molecule has 0 bridgehead atoms. The Morgan fingerprint density at radius 2 is 1.90 bits per heavy atom. The van der Waals surface area contributed by atoms with Crippen LogP contribution in [-0.4, -0.2) is 43.4 Å². The van der Waals surface area contributed by atoms with Crippen molar-refractivity contribution in [3.63, 3.8) is 0 Å². The number of piperidine rings is 1. The van der Waals surface area contributed by atoms with Crippen LogP contribution >= 0.6 is 11.6 Å². The molecule has 1 saturated heterocycles. The Hall–Kier alpha value is -3.94. The fourth-order valence-electron chi connectivity index (χ4n) is 4.58. The summed E-state index contributed by atoms with van der Waals surface area (Å²) in [4.78, 5) is 21.1. The molecule has 1 aromatic heterocycles. The molecule has 4 aromatic rings. The van der Waals surface area contributed by atoms with E-state index in [0.717, 1.165) is 44.1 Å². The average molecular weight is 605 g/mol. The van der Waals surface area contributed by atoms with Crippen molar-refractivity contribution in [2.24, 2.45) is 0 Å². The van der Waals surface area contributed by atoms with Crippen LogP contribution in [0.2, 0.25) is 5.02 Å². The summed E-state index contributed by atoms with van der Waals surface area (Å²) in [6.07, 6.45) is 3.27. The minimum absolute atomic E-state index is 0.107. The predicted octanol–water partition coefficient (Wildman–Crippen LogP) is 5.23. The number of hydrogen-bond acceptors (Lipinski definition) is 7. The Kier molecular flexibility index (Phi) is 8.02. The second kappa shape index (κ2) is 11.5. The molecule has 1 aliphatic rings. The van der Waals surface area contributed by atoms with Crippen molar-refractivity contribution in [3.8, 4) is 0 Å². The van der Waals surface area contributed by atoms with Gasteiger partial charge in [0.2, 0.25) is 0 Å². The molecule has 214 valence electrons. The monoisotopic (exact) mass is 604 g/mol. The molecule has 1 amide bonds. The van der Waals surface area contributed by atoms with Crippen molar-refractivity contribution < 1.29 is 26.4 Å². The molecule has 1 aliphatic heterocycles. The van der Waals surface area contributed by atoms with Crippen molar-refractivity contribution in [1.82, 2.24) is 15.3 Å². The molecule has 0 saturated carbocycles. The van der Waals surface area contributed by atoms with Gasteiger partial charge in [-0.2, -0.15) is 0 Å². The summed E-state index contributed by atoms with van der Waals surface area (Å²) in [6.45, 7) is 3.48. The highest BCUT2D eigenvalue weighted by molar-refractivity contribution is 7.92. The fourth-order valence-corrected chi connectivity index (χ4v) is 5.92. The minimum Gasteiger partial charge on any atom is -0.365 e. The summed E-state index contributed by atoms with van der Waals surface area (Å²) < 4.78 is 70.5. The number of fused-ring (bicyclic) bond motifs is 1. The van der Waals surface area contributed by atoms with E-state index < -0.39 is 49.7 Å². The standard InChI is InChI=1S/C27H24ClF3N6O3S/c1-14-9-17-24(33-13-34-26(17)35-16-3-2-8-32-12-16)18(10-14)27(38)36-25-19(28)5-7-21(23(25)31)37-41(39,40)22-11-15(29)4-6-20(22)30/h4-7,9-11,13,16,32,37H,2-3,8,12H2,1H3,(H,36,38)(H,33,34,35)/t16-/m1/s1. The second-order valence-electron chi connectivity index (χ2n) is 9.54. The van der Waals surface area contributed by atoms with Gasteiger partial charge in [0.25, 0.3) is 15.9 Å². The molecule has 9 nitrogen and oxygen atoms in total. The number of aromatic nitrogens is 2. The van der Waals surface area contributed by atoms with E-state index in [0.29, 0.717) is 34.4 Å². The number of aryl methyl sites for hydroxylation is 1. The van der Waals surface area contributed by atoms with Crippen molar-refractivity contribution in [3.05, 3.63) is 82.4 Å². The number of rotatable bonds is 7. The van der Waals surface area contributed by atoms with E-state index in [1.165, 1.54) is 6.33 Å². The van der Waals surface area contributed by atoms with Gasteiger partial charge in [0.05, 0.1) is 27.5 Å². The SMILES string of the molecule is Cc1cc(C(=O)Nc2c(Cl)ccc(NS(=O)(=O)c3cc(F)ccc3F)c2F)c2ncnc(N[C@@H]3CCCNC3)c2c1. The Morgan fingerprint density at radius 3 is 2.66 bits per heavy atom. The first-order chi connectivity index (χ1) is 19.5. The van der Waals surface area contributed by atoms with Gasteiger partial charge in [-0.15, -0.1) is 0 Å². The molecule has 0 aliphatic carbocycles. The zero-order valence-corrected chi connectivity index (χ0v) is 23.1. The number of carbonyl (C=O) groups is 1. The lowest BCUT2D eigenvalue weighted by Crippen LogP contribution is -2.38. The Bertz CT molecular complexity index is 1770. The average Bonchev–Trinajstić information content (AvgIpc) is 2.94. The summed E-state index contributed by atoms with van der Waals surface area (Å²) in [7, 11) is -4.74. The lowest BCUT2D eigenvalue weighted by molar-refractivity contribution is 0.102. The van der Waals surface area contributed by atoms with Crippen LogP contribution in [-0.2, 0) is 10.0 Å². The molecular weight excluding hydrogens is 581 g/mol. The van der Waals surface area contributed by atoms with Crippen LogP contribution in [0.5, 0.6) is 0 Å². The highest BCUT2D eigenvalue weighted by Crippen LogP contribution is 2.33. The Balaban J connectivity index is 1.46. The molecule has 1 fully saturated rings. The lowest BCUT2D eigenvalue weighted by Gasteiger charge is -2.25. The van der Waals surface area contributed by atoms with E-state index in [4.69, 9.17) is 11.6 Å². The number of hydrogen-bond donors (Lipinski definition) is 4. The van der Waals surface area contributed by atoms with Crippen molar-refractivity contribution in [2.75, 3.05) is 28.4 Å². The van der Waals surface area contributed by atoms with Gasteiger partial charge in [0.15, 0.2) is 5.82 Å². The molecule has 0 radical (unpaired) electrons. The van der Waals surface area contributed by atoms with Crippen molar-refractivity contribution >= 4 is 55.6 Å². The fraction of sp³-hybridized carbons (Fsp3) is 0.222. The normalized spacial score (nSPS) is 15.5. The van der Waals surface area contributed by atoms with Crippen LogP contribution in [0.1, 0.15) is 28.8 Å². The number of nitrogens with one attached hydrogen (secondary N) is 4. The zero-order valence-electron chi connectivity index (χ0n) is 21.6. The lowest BCUT2D eigenvalue weighted by atomic mass is 10.0. The van der Waals surface area contributed by atoms with E-state index >= 15 is 4.39 Å². The molecule has 14 heteroatoms. The highest BCUT2D eigenvalue weighted by atomic mass is 35.5. The number of nitrogens with zero attached hydrogens (tertiary/aromatic N) is 2. The maximum absolute atomic E-state index is 15.5. The maximum Gasteiger partial charge on any atom is 0.265 e. The first-order valence-electron chi connectivity index (χ1n) is 12.5. The van der Waals surface area contributed by atoms with E-state index in [-0.39, 0.29) is 16.6 Å². The van der Waals surface area contributed by atoms with Crippen LogP contribution < -0.4 is 20.7 Å². The van der Waals surface area contributed by atoms with Gasteiger partial charge >= 0.3 is 0 Å². The molecule has 0 spiro atoms. The number of amides is 1. The summed E-state index contributed by atoms with van der Waals surface area (Å²) >= 11 is 6.17. The number of anilines is 3. The van der Waals surface area contributed by atoms with Gasteiger partial charge in [0.1, 0.15) is 28.7 Å². The molecular formula is C27H24ClF3N6O3S. The molecule has 4 N–H and O–H groups in total. The van der Waals surface area contributed by atoms with Crippen LogP contribution in [0.15, 0.2) is 53.7 Å². The van der Waals surface area contributed by atoms with E-state index in [9.17, 15) is 22.0 Å². The summed E-state index contributed by atoms with van der Waals surface area (Å²) in [5.41, 5.74) is -0.0309. The first kappa shape index (κ1) is 28.6. The van der Waals surface area contributed by atoms with Crippen molar-refractivity contribution in [2.45, 2.75) is 30.7 Å². The highest BCUT2D eigenvalue weighted by Gasteiger charge is 2.25. The van der Waals surface area contributed by atoms with Crippen LogP contribution in [0.3, 0.4) is 0 Å². The summed E-state index contributed by atoms with van der Waals surface area (Å²) in [5.74, 6) is -3.68. The third-order valence-electron chi connectivity index (χ3n) is 6.52.